The number of nitrogens with zero attached hydrogens (tertiary/aromatic N) is 1. The van der Waals surface area contributed by atoms with E-state index in [1.807, 2.05) is 0 Å². The number of hydrogen-bond acceptors (Lipinski definition) is 8. The molecule has 0 fully saturated rings. The SMILES string of the molecule is CCCCCCCCCCC(CN(CCCOC(=O)/C=C/c1cc(OC)c(O)c(OC)c1)CC(CCCCCCCCCC)O[Si](C)(C)C(C)(C)C)O[Si](C)(C)C(C)(C)C. The van der Waals surface area contributed by atoms with Gasteiger partial charge in [0.15, 0.2) is 28.1 Å². The molecule has 0 bridgehead atoms. The van der Waals surface area contributed by atoms with Crippen molar-refractivity contribution in [1.29, 1.82) is 0 Å². The predicted octanol–water partition coefficient (Wildman–Crippen LogP) is 14.5. The minimum atomic E-state index is -2.03. The van der Waals surface area contributed by atoms with Crippen LogP contribution in [0.15, 0.2) is 18.2 Å². The molecule has 1 rings (SSSR count). The first kappa shape index (κ1) is 56.2. The minimum Gasteiger partial charge on any atom is -0.502 e. The fourth-order valence-corrected chi connectivity index (χ4v) is 9.85. The van der Waals surface area contributed by atoms with Crippen molar-refractivity contribution in [3.63, 3.8) is 0 Å². The lowest BCUT2D eigenvalue weighted by atomic mass is 10.0. The van der Waals surface area contributed by atoms with Gasteiger partial charge in [0.25, 0.3) is 0 Å². The second kappa shape index (κ2) is 29.5. The molecule has 8 nitrogen and oxygen atoms in total. The largest absolute Gasteiger partial charge is 0.502 e. The number of benzene rings is 1. The summed E-state index contributed by atoms with van der Waals surface area (Å²) in [4.78, 5) is 15.5. The zero-order valence-corrected chi connectivity index (χ0v) is 43.6. The number of carbonyl (C=O) groups excluding carboxylic acids is 1. The molecule has 0 amide bonds. The van der Waals surface area contributed by atoms with Gasteiger partial charge in [-0.3, -0.25) is 4.90 Å². The molecule has 0 radical (unpaired) electrons. The third-order valence-electron chi connectivity index (χ3n) is 13.0. The molecular formula is C50H95NO7Si2. The lowest BCUT2D eigenvalue weighted by molar-refractivity contribution is -0.137. The number of unbranched alkanes of at least 4 members (excludes halogenated alkanes) is 14. The van der Waals surface area contributed by atoms with Crippen molar-refractivity contribution in [2.45, 2.75) is 226 Å². The second-order valence-electron chi connectivity index (χ2n) is 20.4. The van der Waals surface area contributed by atoms with E-state index in [4.69, 9.17) is 23.1 Å². The third kappa shape index (κ3) is 23.0. The van der Waals surface area contributed by atoms with Gasteiger partial charge < -0.3 is 28.2 Å². The average molecular weight is 878 g/mol. The van der Waals surface area contributed by atoms with E-state index in [2.05, 4.69) is 86.5 Å². The number of hydrogen-bond donors (Lipinski definition) is 1. The normalized spacial score (nSPS) is 13.9. The lowest BCUT2D eigenvalue weighted by Gasteiger charge is -2.42. The molecule has 0 aliphatic rings. The highest BCUT2D eigenvalue weighted by molar-refractivity contribution is 6.74. The molecule has 2 unspecified atom stereocenters. The first-order chi connectivity index (χ1) is 28.2. The minimum absolute atomic E-state index is 0.0752. The molecule has 0 aliphatic heterocycles. The zero-order chi connectivity index (χ0) is 45.2. The average Bonchev–Trinajstić information content (AvgIpc) is 3.16. The first-order valence-corrected chi connectivity index (χ1v) is 29.9. The number of rotatable bonds is 34. The van der Waals surface area contributed by atoms with Crippen LogP contribution in [-0.2, 0) is 18.4 Å². The highest BCUT2D eigenvalue weighted by Crippen LogP contribution is 2.40. The number of phenols is 1. The van der Waals surface area contributed by atoms with Gasteiger partial charge in [0.2, 0.25) is 5.75 Å². The Morgan fingerprint density at radius 1 is 0.650 bits per heavy atom. The molecule has 0 saturated heterocycles. The van der Waals surface area contributed by atoms with Crippen LogP contribution in [0.2, 0.25) is 36.3 Å². The van der Waals surface area contributed by atoms with Crippen LogP contribution in [0, 0.1) is 0 Å². The highest BCUT2D eigenvalue weighted by atomic mass is 28.4. The predicted molar refractivity (Wildman–Crippen MR) is 261 cm³/mol. The van der Waals surface area contributed by atoms with Gasteiger partial charge in [-0.15, -0.1) is 0 Å². The molecule has 10 heteroatoms. The Morgan fingerprint density at radius 2 is 1.03 bits per heavy atom. The molecule has 1 aromatic carbocycles. The van der Waals surface area contributed by atoms with E-state index < -0.39 is 22.6 Å². The van der Waals surface area contributed by atoms with Crippen LogP contribution in [0.25, 0.3) is 6.08 Å². The van der Waals surface area contributed by atoms with Crippen LogP contribution in [-0.4, -0.2) is 85.3 Å². The van der Waals surface area contributed by atoms with Gasteiger partial charge >= 0.3 is 5.97 Å². The van der Waals surface area contributed by atoms with Gasteiger partial charge in [0.05, 0.1) is 33.0 Å². The Bertz CT molecular complexity index is 1240. The maximum absolute atomic E-state index is 12.9. The topological polar surface area (TPSA) is 86.7 Å². The van der Waals surface area contributed by atoms with Gasteiger partial charge in [-0.05, 0) is 79.3 Å². The molecule has 0 spiro atoms. The smallest absolute Gasteiger partial charge is 0.330 e. The maximum Gasteiger partial charge on any atom is 0.330 e. The fraction of sp³-hybridized carbons (Fsp3) is 0.820. The Balaban J connectivity index is 3.27. The van der Waals surface area contributed by atoms with Gasteiger partial charge in [0.1, 0.15) is 0 Å². The van der Waals surface area contributed by atoms with E-state index in [1.54, 1.807) is 18.2 Å². The first-order valence-electron chi connectivity index (χ1n) is 24.1. The standard InChI is InChI=1S/C50H95NO7Si2/c1-15-17-19-21-23-25-27-29-32-43(57-59(11,12)49(3,4)5)40-51(36-31-37-56-47(52)35-34-42-38-45(54-9)48(53)46(39-42)55-10)41-44(58-60(13,14)50(6,7)8)33-30-28-26-24-22-20-18-16-2/h34-35,38-39,43-44,53H,15-33,36-37,40-41H2,1-14H3/b35-34+. The molecule has 0 heterocycles. The summed E-state index contributed by atoms with van der Waals surface area (Å²) in [5, 5.41) is 10.5. The molecule has 0 saturated carbocycles. The quantitative estimate of drug-likeness (QED) is 0.0317. The number of ether oxygens (including phenoxy) is 3. The van der Waals surface area contributed by atoms with E-state index in [0.29, 0.717) is 12.2 Å². The molecule has 0 aromatic heterocycles. The number of aromatic hydroxyl groups is 1. The zero-order valence-electron chi connectivity index (χ0n) is 41.6. The van der Waals surface area contributed by atoms with Crippen LogP contribution in [0.1, 0.15) is 183 Å². The lowest BCUT2D eigenvalue weighted by Crippen LogP contribution is -2.50. The van der Waals surface area contributed by atoms with Crippen molar-refractivity contribution < 1.29 is 33.0 Å². The number of methoxy groups -OCH3 is 2. The summed E-state index contributed by atoms with van der Waals surface area (Å²) in [6, 6.07) is 3.32. The summed E-state index contributed by atoms with van der Waals surface area (Å²) >= 11 is 0. The molecule has 2 atom stereocenters. The summed E-state index contributed by atoms with van der Waals surface area (Å²) in [5.41, 5.74) is 0.665. The van der Waals surface area contributed by atoms with Gasteiger partial charge in [0, 0.05) is 25.7 Å². The Kier molecular flexibility index (Phi) is 27.6. The van der Waals surface area contributed by atoms with Crippen molar-refractivity contribution in [1.82, 2.24) is 4.90 Å². The van der Waals surface area contributed by atoms with Gasteiger partial charge in [-0.2, -0.15) is 0 Å². The van der Waals surface area contributed by atoms with E-state index in [0.717, 1.165) is 38.9 Å². The van der Waals surface area contributed by atoms with Crippen LogP contribution in [0.3, 0.4) is 0 Å². The molecule has 0 aliphatic carbocycles. The van der Waals surface area contributed by atoms with E-state index >= 15 is 0 Å². The summed E-state index contributed by atoms with van der Waals surface area (Å²) in [5.74, 6) is 0.0712. The van der Waals surface area contributed by atoms with Crippen molar-refractivity contribution in [3.8, 4) is 17.2 Å². The third-order valence-corrected chi connectivity index (χ3v) is 22.1. The van der Waals surface area contributed by atoms with Crippen molar-refractivity contribution >= 4 is 28.7 Å². The Morgan fingerprint density at radius 3 is 1.40 bits per heavy atom. The van der Waals surface area contributed by atoms with Crippen LogP contribution >= 0.6 is 0 Å². The summed E-state index contributed by atoms with van der Waals surface area (Å²) < 4.78 is 30.9. The monoisotopic (exact) mass is 878 g/mol. The van der Waals surface area contributed by atoms with Crippen molar-refractivity contribution in [2.75, 3.05) is 40.5 Å². The van der Waals surface area contributed by atoms with E-state index in [1.165, 1.54) is 123 Å². The van der Waals surface area contributed by atoms with Crippen LogP contribution in [0.4, 0.5) is 0 Å². The van der Waals surface area contributed by atoms with E-state index in [-0.39, 0.29) is 39.5 Å². The summed E-state index contributed by atoms with van der Waals surface area (Å²) in [6.45, 7) is 31.0. The number of carbonyl (C=O) groups is 1. The van der Waals surface area contributed by atoms with Crippen LogP contribution in [0.5, 0.6) is 17.2 Å². The molecule has 60 heavy (non-hydrogen) atoms. The van der Waals surface area contributed by atoms with Crippen molar-refractivity contribution in [2.24, 2.45) is 0 Å². The maximum atomic E-state index is 12.9. The Labute approximate surface area is 372 Å². The molecular weight excluding hydrogens is 783 g/mol. The van der Waals surface area contributed by atoms with Gasteiger partial charge in [-0.1, -0.05) is 158 Å². The van der Waals surface area contributed by atoms with Gasteiger partial charge in [-0.25, -0.2) is 4.79 Å². The highest BCUT2D eigenvalue weighted by Gasteiger charge is 2.41. The van der Waals surface area contributed by atoms with Crippen molar-refractivity contribution in [3.05, 3.63) is 23.8 Å². The summed E-state index contributed by atoms with van der Waals surface area (Å²) in [6.07, 6.45) is 27.0. The molecule has 1 N–H and O–H groups in total. The second-order valence-corrected chi connectivity index (χ2v) is 29.9. The number of phenolic OH excluding ortho intramolecular Hbond substituents is 1. The molecule has 1 aromatic rings. The molecule has 350 valence electrons. The Hall–Kier alpha value is -1.86. The van der Waals surface area contributed by atoms with E-state index in [9.17, 15) is 9.90 Å². The fourth-order valence-electron chi connectivity index (χ4n) is 7.09. The van der Waals surface area contributed by atoms with Crippen LogP contribution < -0.4 is 9.47 Å². The number of esters is 1. The summed E-state index contributed by atoms with van der Waals surface area (Å²) in [7, 11) is -1.10.